The van der Waals surface area contributed by atoms with Crippen molar-refractivity contribution in [1.29, 1.82) is 0 Å². The van der Waals surface area contributed by atoms with Gasteiger partial charge < -0.3 is 29.9 Å². The van der Waals surface area contributed by atoms with E-state index in [0.717, 1.165) is 42.6 Å². The fraction of sp³-hybridized carbons (Fsp3) is 0.630. The molecule has 2 heterocycles. The summed E-state index contributed by atoms with van der Waals surface area (Å²) in [6.45, 7) is 7.05. The average molecular weight is 547 g/mol. The lowest BCUT2D eigenvalue weighted by molar-refractivity contribution is -0.121. The molecule has 3 aliphatic rings. The Morgan fingerprint density at radius 2 is 1.95 bits per heavy atom. The minimum Gasteiger partial charge on any atom is -0.465 e. The van der Waals surface area contributed by atoms with Crippen LogP contribution in [0, 0.1) is 6.92 Å². The molecule has 1 saturated heterocycles. The van der Waals surface area contributed by atoms with E-state index in [0.29, 0.717) is 24.2 Å². The Balaban J connectivity index is 1.68. The van der Waals surface area contributed by atoms with E-state index in [1.807, 2.05) is 32.9 Å². The van der Waals surface area contributed by atoms with Crippen LogP contribution in [0.25, 0.3) is 0 Å². The monoisotopic (exact) mass is 546 g/mol. The number of ether oxygens (including phenoxy) is 1. The summed E-state index contributed by atoms with van der Waals surface area (Å²) >= 11 is 1.60. The van der Waals surface area contributed by atoms with Crippen LogP contribution in [0.15, 0.2) is 17.0 Å². The van der Waals surface area contributed by atoms with Gasteiger partial charge in [0.2, 0.25) is 5.91 Å². The number of aryl methyl sites for hydroxylation is 1. The summed E-state index contributed by atoms with van der Waals surface area (Å²) in [4.78, 5) is 57.0. The van der Waals surface area contributed by atoms with Gasteiger partial charge in [-0.15, -0.1) is 11.8 Å². The van der Waals surface area contributed by atoms with Crippen LogP contribution in [0.5, 0.6) is 0 Å². The van der Waals surface area contributed by atoms with Crippen LogP contribution in [-0.2, 0) is 9.53 Å². The first-order chi connectivity index (χ1) is 18.1. The number of nitrogens with one attached hydrogen (secondary N) is 1. The van der Waals surface area contributed by atoms with Crippen LogP contribution in [0.1, 0.15) is 68.3 Å². The molecule has 1 saturated carbocycles. The molecule has 4 rings (SSSR count). The number of benzene rings is 1. The molecule has 4 amide bonds. The summed E-state index contributed by atoms with van der Waals surface area (Å²) in [5.74, 6) is -0.143. The van der Waals surface area contributed by atoms with Gasteiger partial charge in [-0.05, 0) is 64.2 Å². The fourth-order valence-electron chi connectivity index (χ4n) is 5.95. The average Bonchev–Trinajstić information content (AvgIpc) is 3.35. The summed E-state index contributed by atoms with van der Waals surface area (Å²) < 4.78 is 4.16. The maximum Gasteiger partial charge on any atom is 0.407 e. The number of likely N-dealkylation sites (tertiary alicyclic amines) is 1. The summed E-state index contributed by atoms with van der Waals surface area (Å²) in [6, 6.07) is 3.46. The second-order valence-corrected chi connectivity index (χ2v) is 12.1. The first kappa shape index (κ1) is 28.1. The standard InChI is InChI=1S/C27H38N4O6S/c1-17(2)31(19-8-7-12-29(16-19)26(35)36)23(32)20-15-21-22(14-18(20)3)38-27(9-5-6-10-27)24(33)30(21)13-11-28-25(34)37-4/h14-15,17,19H,5-13,16H2,1-4H3,(H,28,34)(H,35,36)/t19-/m1/s1. The zero-order valence-corrected chi connectivity index (χ0v) is 23.4. The van der Waals surface area contributed by atoms with Gasteiger partial charge in [-0.3, -0.25) is 9.59 Å². The second-order valence-electron chi connectivity index (χ2n) is 10.6. The molecule has 2 aliphatic heterocycles. The van der Waals surface area contributed by atoms with Crippen molar-refractivity contribution in [3.63, 3.8) is 0 Å². The van der Waals surface area contributed by atoms with E-state index in [1.54, 1.807) is 21.6 Å². The van der Waals surface area contributed by atoms with E-state index in [9.17, 15) is 24.3 Å². The molecule has 10 nitrogen and oxygen atoms in total. The molecule has 1 atom stereocenters. The van der Waals surface area contributed by atoms with E-state index in [1.165, 1.54) is 12.0 Å². The lowest BCUT2D eigenvalue weighted by Gasteiger charge is -2.42. The minimum absolute atomic E-state index is 0.0199. The Morgan fingerprint density at radius 1 is 1.24 bits per heavy atom. The van der Waals surface area contributed by atoms with Crippen molar-refractivity contribution < 1.29 is 29.0 Å². The molecule has 11 heteroatoms. The third-order valence-electron chi connectivity index (χ3n) is 7.82. The van der Waals surface area contributed by atoms with Crippen LogP contribution in [0.4, 0.5) is 15.3 Å². The third-order valence-corrected chi connectivity index (χ3v) is 9.34. The summed E-state index contributed by atoms with van der Waals surface area (Å²) in [5.41, 5.74) is 2.01. The summed E-state index contributed by atoms with van der Waals surface area (Å²) in [5, 5.41) is 12.2. The number of carboxylic acid groups (broad SMARTS) is 1. The Kier molecular flexibility index (Phi) is 8.44. The number of piperidine rings is 1. The summed E-state index contributed by atoms with van der Waals surface area (Å²) in [7, 11) is 1.30. The first-order valence-electron chi connectivity index (χ1n) is 13.4. The zero-order chi connectivity index (χ0) is 27.6. The Hall–Kier alpha value is -2.95. The number of amides is 4. The van der Waals surface area contributed by atoms with Crippen molar-refractivity contribution in [2.45, 2.75) is 81.0 Å². The van der Waals surface area contributed by atoms with Gasteiger partial charge in [0.25, 0.3) is 5.91 Å². The molecule has 1 spiro atoms. The van der Waals surface area contributed by atoms with Gasteiger partial charge in [0.1, 0.15) is 0 Å². The number of carbonyl (C=O) groups is 4. The first-order valence-corrected chi connectivity index (χ1v) is 14.2. The molecule has 0 aromatic heterocycles. The number of rotatable bonds is 6. The third kappa shape index (κ3) is 5.43. The lowest BCUT2D eigenvalue weighted by atomic mass is 9.98. The van der Waals surface area contributed by atoms with Gasteiger partial charge in [-0.25, -0.2) is 9.59 Å². The Labute approximate surface area is 228 Å². The summed E-state index contributed by atoms with van der Waals surface area (Å²) in [6.07, 6.45) is 3.51. The topological polar surface area (TPSA) is 119 Å². The van der Waals surface area contributed by atoms with Gasteiger partial charge in [0.15, 0.2) is 0 Å². The number of alkyl carbamates (subject to hydrolysis) is 1. The van der Waals surface area contributed by atoms with Gasteiger partial charge in [0, 0.05) is 42.7 Å². The van der Waals surface area contributed by atoms with Crippen LogP contribution in [0.3, 0.4) is 0 Å². The molecule has 2 N–H and O–H groups in total. The van der Waals surface area contributed by atoms with Crippen molar-refractivity contribution in [3.05, 3.63) is 23.3 Å². The van der Waals surface area contributed by atoms with E-state index in [-0.39, 0.29) is 43.5 Å². The van der Waals surface area contributed by atoms with Crippen LogP contribution in [0.2, 0.25) is 0 Å². The van der Waals surface area contributed by atoms with Gasteiger partial charge in [-0.1, -0.05) is 12.8 Å². The minimum atomic E-state index is -0.969. The molecule has 38 heavy (non-hydrogen) atoms. The molecule has 1 aromatic carbocycles. The number of anilines is 1. The van der Waals surface area contributed by atoms with Gasteiger partial charge in [-0.2, -0.15) is 0 Å². The van der Waals surface area contributed by atoms with Gasteiger partial charge >= 0.3 is 12.2 Å². The smallest absolute Gasteiger partial charge is 0.407 e. The van der Waals surface area contributed by atoms with Crippen LogP contribution >= 0.6 is 11.8 Å². The fourth-order valence-corrected chi connectivity index (χ4v) is 7.57. The number of nitrogens with zero attached hydrogens (tertiary/aromatic N) is 3. The number of fused-ring (bicyclic) bond motifs is 1. The number of hydrogen-bond donors (Lipinski definition) is 2. The largest absolute Gasteiger partial charge is 0.465 e. The molecule has 0 radical (unpaired) electrons. The van der Waals surface area contributed by atoms with E-state index in [2.05, 4.69) is 10.1 Å². The number of methoxy groups -OCH3 is 1. The molecular weight excluding hydrogens is 508 g/mol. The van der Waals surface area contributed by atoms with Crippen molar-refractivity contribution in [1.82, 2.24) is 15.1 Å². The molecule has 1 aliphatic carbocycles. The highest BCUT2D eigenvalue weighted by molar-refractivity contribution is 8.01. The molecule has 0 unspecified atom stereocenters. The van der Waals surface area contributed by atoms with E-state index in [4.69, 9.17) is 0 Å². The maximum atomic E-state index is 14.0. The SMILES string of the molecule is COC(=O)NCCN1C(=O)C2(CCCC2)Sc2cc(C)c(C(=O)N(C(C)C)[C@@H]3CCCN(C(=O)O)C3)cc21. The number of hydrogen-bond acceptors (Lipinski definition) is 6. The Bertz CT molecular complexity index is 1100. The highest BCUT2D eigenvalue weighted by Crippen LogP contribution is 2.53. The molecule has 2 fully saturated rings. The molecular formula is C27H38N4O6S. The van der Waals surface area contributed by atoms with Crippen molar-refractivity contribution >= 4 is 41.5 Å². The normalized spacial score (nSPS) is 20.4. The predicted octanol–water partition coefficient (Wildman–Crippen LogP) is 4.10. The number of carbonyl (C=O) groups excluding carboxylic acids is 3. The van der Waals surface area contributed by atoms with Crippen molar-refractivity contribution in [3.8, 4) is 0 Å². The predicted molar refractivity (Wildman–Crippen MR) is 145 cm³/mol. The molecule has 208 valence electrons. The molecule has 1 aromatic rings. The van der Waals surface area contributed by atoms with Gasteiger partial charge in [0.05, 0.1) is 23.6 Å². The molecule has 0 bridgehead atoms. The zero-order valence-electron chi connectivity index (χ0n) is 22.6. The van der Waals surface area contributed by atoms with E-state index < -0.39 is 16.9 Å². The Morgan fingerprint density at radius 3 is 2.58 bits per heavy atom. The maximum absolute atomic E-state index is 14.0. The number of thioether (sulfide) groups is 1. The highest BCUT2D eigenvalue weighted by Gasteiger charge is 2.49. The lowest BCUT2D eigenvalue weighted by Crippen LogP contribution is -2.54. The quantitative estimate of drug-likeness (QED) is 0.551. The highest BCUT2D eigenvalue weighted by atomic mass is 32.2. The van der Waals surface area contributed by atoms with Crippen molar-refractivity contribution in [2.75, 3.05) is 38.2 Å². The second kappa shape index (κ2) is 11.4. The van der Waals surface area contributed by atoms with Crippen LogP contribution < -0.4 is 10.2 Å². The van der Waals surface area contributed by atoms with Crippen molar-refractivity contribution in [2.24, 2.45) is 0 Å². The van der Waals surface area contributed by atoms with E-state index >= 15 is 0 Å². The van der Waals surface area contributed by atoms with Crippen LogP contribution in [-0.4, -0.2) is 89.0 Å².